The molecule has 0 N–H and O–H groups in total. The lowest BCUT2D eigenvalue weighted by molar-refractivity contribution is -0.0555. The Labute approximate surface area is 206 Å². The van der Waals surface area contributed by atoms with Gasteiger partial charge in [0.1, 0.15) is 0 Å². The minimum absolute atomic E-state index is 0.0675. The molecule has 2 aliphatic rings. The van der Waals surface area contributed by atoms with Crippen molar-refractivity contribution in [1.29, 1.82) is 0 Å². The molecular formula is C14H18Br8O. The van der Waals surface area contributed by atoms with Gasteiger partial charge in [0.05, 0.1) is 26.7 Å². The standard InChI is InChI=1S/C14H18Br8O/c1-3-5(15)4(2)13(10(20)6(3)16)23-14-11(21)8(18)7(17)9(19)12(14)22/h3-14H,1-2H3. The molecule has 10 unspecified atom stereocenters. The molecule has 0 saturated heterocycles. The van der Waals surface area contributed by atoms with Crippen LogP contribution in [-0.2, 0) is 4.74 Å². The van der Waals surface area contributed by atoms with E-state index < -0.39 is 0 Å². The van der Waals surface area contributed by atoms with Crippen molar-refractivity contribution in [2.75, 3.05) is 0 Å². The van der Waals surface area contributed by atoms with Gasteiger partial charge < -0.3 is 4.74 Å². The number of ether oxygens (including phenoxy) is 1. The molecule has 10 atom stereocenters. The summed E-state index contributed by atoms with van der Waals surface area (Å²) >= 11 is 30.7. The molecule has 23 heavy (non-hydrogen) atoms. The van der Waals surface area contributed by atoms with Gasteiger partial charge in [-0.2, -0.15) is 0 Å². The molecule has 0 aromatic rings. The summed E-state index contributed by atoms with van der Waals surface area (Å²) in [4.78, 5) is 2.44. The quantitative estimate of drug-likeness (QED) is 0.269. The van der Waals surface area contributed by atoms with E-state index in [1.165, 1.54) is 0 Å². The summed E-state index contributed by atoms with van der Waals surface area (Å²) in [7, 11) is 0. The van der Waals surface area contributed by atoms with E-state index in [1.807, 2.05) is 0 Å². The van der Waals surface area contributed by atoms with E-state index in [0.29, 0.717) is 26.3 Å². The van der Waals surface area contributed by atoms with Gasteiger partial charge in [-0.05, 0) is 11.8 Å². The molecule has 0 spiro atoms. The maximum Gasteiger partial charge on any atom is 0.0851 e. The Morgan fingerprint density at radius 3 is 1.30 bits per heavy atom. The minimum atomic E-state index is 0.0675. The Morgan fingerprint density at radius 2 is 0.826 bits per heavy atom. The van der Waals surface area contributed by atoms with E-state index in [0.717, 1.165) is 0 Å². The van der Waals surface area contributed by atoms with E-state index in [2.05, 4.69) is 141 Å². The summed E-state index contributed by atoms with van der Waals surface area (Å²) in [5, 5.41) is 0. The van der Waals surface area contributed by atoms with Crippen molar-refractivity contribution in [1.82, 2.24) is 0 Å². The van der Waals surface area contributed by atoms with E-state index in [9.17, 15) is 0 Å². The van der Waals surface area contributed by atoms with Crippen LogP contribution in [0.25, 0.3) is 0 Å². The van der Waals surface area contributed by atoms with Crippen LogP contribution in [0, 0.1) is 11.8 Å². The molecule has 0 aliphatic heterocycles. The van der Waals surface area contributed by atoms with E-state index in [-0.39, 0.29) is 36.3 Å². The fourth-order valence-electron chi connectivity index (χ4n) is 3.19. The fraction of sp³-hybridized carbons (Fsp3) is 1.00. The normalized spacial score (nSPS) is 58.2. The van der Waals surface area contributed by atoms with E-state index in [1.54, 1.807) is 0 Å². The second kappa shape index (κ2) is 9.53. The molecule has 2 rings (SSSR count). The molecule has 2 saturated carbocycles. The molecule has 0 heterocycles. The first-order valence-electron chi connectivity index (χ1n) is 7.37. The Bertz CT molecular complexity index is 344. The van der Waals surface area contributed by atoms with Crippen LogP contribution in [0.15, 0.2) is 0 Å². The highest BCUT2D eigenvalue weighted by Crippen LogP contribution is 2.47. The lowest BCUT2D eigenvalue weighted by atomic mass is 9.80. The average Bonchev–Trinajstić information content (AvgIpc) is 2.54. The third-order valence-electron chi connectivity index (χ3n) is 4.80. The van der Waals surface area contributed by atoms with Gasteiger partial charge in [-0.1, -0.05) is 141 Å². The zero-order valence-corrected chi connectivity index (χ0v) is 25.0. The van der Waals surface area contributed by atoms with E-state index >= 15 is 0 Å². The molecule has 136 valence electrons. The average molecular weight is 842 g/mol. The van der Waals surface area contributed by atoms with Gasteiger partial charge >= 0.3 is 0 Å². The van der Waals surface area contributed by atoms with Crippen LogP contribution in [0.2, 0.25) is 0 Å². The van der Waals surface area contributed by atoms with Crippen LogP contribution < -0.4 is 0 Å². The lowest BCUT2D eigenvalue weighted by Crippen LogP contribution is -2.59. The van der Waals surface area contributed by atoms with Crippen LogP contribution in [0.1, 0.15) is 13.8 Å². The largest absolute Gasteiger partial charge is 0.371 e. The highest BCUT2D eigenvalue weighted by atomic mass is 79.9. The summed E-state index contributed by atoms with van der Waals surface area (Å²) in [6.45, 7) is 4.55. The molecule has 0 bridgehead atoms. The molecule has 1 nitrogen and oxygen atoms in total. The zero-order chi connectivity index (χ0) is 17.6. The number of halogens is 8. The van der Waals surface area contributed by atoms with Crippen LogP contribution in [-0.4, -0.2) is 50.8 Å². The van der Waals surface area contributed by atoms with Gasteiger partial charge in [0.2, 0.25) is 0 Å². The molecular weight excluding hydrogens is 823 g/mol. The Balaban J connectivity index is 2.19. The van der Waals surface area contributed by atoms with Gasteiger partial charge in [0.25, 0.3) is 0 Å². The highest BCUT2D eigenvalue weighted by Gasteiger charge is 2.51. The number of hydrogen-bond donors (Lipinski definition) is 0. The third kappa shape index (κ3) is 4.69. The van der Waals surface area contributed by atoms with Gasteiger partial charge in [-0.25, -0.2) is 0 Å². The summed E-state index contributed by atoms with van der Waals surface area (Å²) in [6, 6.07) is 0. The van der Waals surface area contributed by atoms with Crippen molar-refractivity contribution in [3.63, 3.8) is 0 Å². The van der Waals surface area contributed by atoms with Gasteiger partial charge in [0, 0.05) is 24.1 Å². The SMILES string of the molecule is CC1C(Br)C(C)C(OC2C(Br)C(Br)C(Br)C(Br)C2Br)C(Br)C1Br. The third-order valence-corrected chi connectivity index (χ3v) is 18.1. The fourth-order valence-corrected chi connectivity index (χ4v) is 11.1. The first-order valence-corrected chi connectivity index (χ1v) is 14.7. The summed E-state index contributed by atoms with van der Waals surface area (Å²) in [6.07, 6.45) is 0.203. The van der Waals surface area contributed by atoms with Crippen molar-refractivity contribution in [2.45, 2.75) is 64.7 Å². The molecule has 0 aromatic carbocycles. The monoisotopic (exact) mass is 833 g/mol. The second-order valence-electron chi connectivity index (χ2n) is 6.34. The predicted molar refractivity (Wildman–Crippen MR) is 129 cm³/mol. The van der Waals surface area contributed by atoms with E-state index in [4.69, 9.17) is 4.74 Å². The summed E-state index contributed by atoms with van der Waals surface area (Å²) < 4.78 is 6.68. The van der Waals surface area contributed by atoms with Crippen molar-refractivity contribution in [3.05, 3.63) is 0 Å². The van der Waals surface area contributed by atoms with Crippen LogP contribution in [0.5, 0.6) is 0 Å². The number of hydrogen-bond acceptors (Lipinski definition) is 1. The predicted octanol–water partition coefficient (Wildman–Crippen LogP) is 7.15. The van der Waals surface area contributed by atoms with Crippen LogP contribution in [0.4, 0.5) is 0 Å². The first-order chi connectivity index (χ1) is 10.6. The lowest BCUT2D eigenvalue weighted by Gasteiger charge is -2.48. The maximum absolute atomic E-state index is 6.68. The van der Waals surface area contributed by atoms with Crippen molar-refractivity contribution >= 4 is 127 Å². The topological polar surface area (TPSA) is 9.23 Å². The second-order valence-corrected chi connectivity index (χ2v) is 14.8. The van der Waals surface area contributed by atoms with Gasteiger partial charge in [0.15, 0.2) is 0 Å². The van der Waals surface area contributed by atoms with Gasteiger partial charge in [-0.15, -0.1) is 0 Å². The summed E-state index contributed by atoms with van der Waals surface area (Å²) in [5.41, 5.74) is 0. The number of rotatable bonds is 2. The van der Waals surface area contributed by atoms with Crippen LogP contribution in [0.3, 0.4) is 0 Å². The van der Waals surface area contributed by atoms with Crippen molar-refractivity contribution in [2.24, 2.45) is 11.8 Å². The Hall–Kier alpha value is 3.80. The summed E-state index contributed by atoms with van der Waals surface area (Å²) in [5.74, 6) is 0.965. The highest BCUT2D eigenvalue weighted by molar-refractivity contribution is 9.15. The molecule has 0 radical (unpaired) electrons. The molecule has 9 heteroatoms. The Morgan fingerprint density at radius 1 is 0.435 bits per heavy atom. The molecule has 0 aromatic heterocycles. The zero-order valence-electron chi connectivity index (χ0n) is 12.4. The number of alkyl halides is 8. The maximum atomic E-state index is 6.68. The van der Waals surface area contributed by atoms with Crippen molar-refractivity contribution in [3.8, 4) is 0 Å². The van der Waals surface area contributed by atoms with Crippen molar-refractivity contribution < 1.29 is 4.74 Å². The van der Waals surface area contributed by atoms with Gasteiger partial charge in [-0.3, -0.25) is 0 Å². The minimum Gasteiger partial charge on any atom is -0.371 e. The smallest absolute Gasteiger partial charge is 0.0851 e. The van der Waals surface area contributed by atoms with Crippen LogP contribution >= 0.6 is 127 Å². The Kier molecular flexibility index (Phi) is 9.57. The molecule has 2 aliphatic carbocycles. The molecule has 0 amide bonds. The molecule has 2 fully saturated rings. The first kappa shape index (κ1) is 23.1.